The quantitative estimate of drug-likeness (QED) is 0.844. The van der Waals surface area contributed by atoms with E-state index in [1.807, 2.05) is 6.92 Å². The van der Waals surface area contributed by atoms with E-state index in [1.54, 1.807) is 14.2 Å². The zero-order valence-corrected chi connectivity index (χ0v) is 13.3. The van der Waals surface area contributed by atoms with Gasteiger partial charge in [0.1, 0.15) is 0 Å². The van der Waals surface area contributed by atoms with Crippen molar-refractivity contribution in [2.75, 3.05) is 20.8 Å². The topological polar surface area (TPSA) is 60.6 Å². The van der Waals surface area contributed by atoms with Gasteiger partial charge in [0.15, 0.2) is 17.3 Å². The Morgan fingerprint density at radius 2 is 1.91 bits per heavy atom. The zero-order valence-electron chi connectivity index (χ0n) is 13.3. The number of ether oxygens (including phenoxy) is 2. The van der Waals surface area contributed by atoms with Crippen LogP contribution in [0, 0.1) is 0 Å². The number of nitrogens with zero attached hydrogens (tertiary/aromatic N) is 3. The Balaban J connectivity index is 1.75. The second-order valence-electron chi connectivity index (χ2n) is 5.39. The molecule has 1 aromatic carbocycles. The van der Waals surface area contributed by atoms with Crippen molar-refractivity contribution in [2.45, 2.75) is 32.9 Å². The number of fused-ring (bicyclic) bond motifs is 1. The van der Waals surface area contributed by atoms with Crippen LogP contribution in [0.25, 0.3) is 0 Å². The molecule has 0 saturated carbocycles. The van der Waals surface area contributed by atoms with Crippen LogP contribution in [-0.2, 0) is 25.9 Å². The highest BCUT2D eigenvalue weighted by atomic mass is 16.5. The van der Waals surface area contributed by atoms with Crippen LogP contribution < -0.4 is 9.47 Å². The minimum absolute atomic E-state index is 0.681. The summed E-state index contributed by atoms with van der Waals surface area (Å²) in [7, 11) is 3.33. The van der Waals surface area contributed by atoms with Crippen molar-refractivity contribution in [2.24, 2.45) is 0 Å². The van der Waals surface area contributed by atoms with Gasteiger partial charge in [-0.15, -0.1) is 0 Å². The fraction of sp³-hybridized carbons (Fsp3) is 0.500. The van der Waals surface area contributed by atoms with Crippen molar-refractivity contribution in [1.82, 2.24) is 15.0 Å². The third-order valence-corrected chi connectivity index (χ3v) is 3.98. The third-order valence-electron chi connectivity index (χ3n) is 3.98. The van der Waals surface area contributed by atoms with Crippen LogP contribution in [0.5, 0.6) is 11.5 Å². The predicted molar refractivity (Wildman–Crippen MR) is 81.0 cm³/mol. The van der Waals surface area contributed by atoms with Gasteiger partial charge in [-0.05, 0) is 29.7 Å². The summed E-state index contributed by atoms with van der Waals surface area (Å²) in [6.07, 6.45) is 1.77. The monoisotopic (exact) mass is 303 g/mol. The van der Waals surface area contributed by atoms with Crippen molar-refractivity contribution >= 4 is 0 Å². The number of aryl methyl sites for hydroxylation is 1. The van der Waals surface area contributed by atoms with E-state index in [-0.39, 0.29) is 0 Å². The van der Waals surface area contributed by atoms with E-state index in [4.69, 9.17) is 14.0 Å². The molecule has 1 aromatic heterocycles. The van der Waals surface area contributed by atoms with E-state index >= 15 is 0 Å². The predicted octanol–water partition coefficient (Wildman–Crippen LogP) is 2.21. The fourth-order valence-corrected chi connectivity index (χ4v) is 2.77. The van der Waals surface area contributed by atoms with Crippen LogP contribution in [0.15, 0.2) is 16.7 Å². The molecule has 2 heterocycles. The van der Waals surface area contributed by atoms with E-state index < -0.39 is 0 Å². The van der Waals surface area contributed by atoms with Gasteiger partial charge in [0, 0.05) is 19.5 Å². The molecule has 3 rings (SSSR count). The minimum atomic E-state index is 0.681. The van der Waals surface area contributed by atoms with Crippen molar-refractivity contribution in [3.05, 3.63) is 35.0 Å². The number of aromatic nitrogens is 2. The molecule has 1 aliphatic heterocycles. The lowest BCUT2D eigenvalue weighted by Gasteiger charge is -2.28. The average Bonchev–Trinajstić information content (AvgIpc) is 3.01. The van der Waals surface area contributed by atoms with Gasteiger partial charge in [-0.2, -0.15) is 4.98 Å². The van der Waals surface area contributed by atoms with Crippen LogP contribution in [-0.4, -0.2) is 35.8 Å². The maximum absolute atomic E-state index is 5.39. The molecule has 0 fully saturated rings. The lowest BCUT2D eigenvalue weighted by atomic mass is 9.99. The second kappa shape index (κ2) is 6.36. The van der Waals surface area contributed by atoms with Crippen molar-refractivity contribution < 1.29 is 14.0 Å². The Kier molecular flexibility index (Phi) is 4.29. The Bertz CT molecular complexity index is 654. The third kappa shape index (κ3) is 2.92. The Labute approximate surface area is 130 Å². The molecule has 1 aliphatic rings. The van der Waals surface area contributed by atoms with Gasteiger partial charge in [0.2, 0.25) is 5.89 Å². The van der Waals surface area contributed by atoms with Crippen LogP contribution >= 0.6 is 0 Å². The summed E-state index contributed by atoms with van der Waals surface area (Å²) in [5.41, 5.74) is 2.58. The largest absolute Gasteiger partial charge is 0.493 e. The van der Waals surface area contributed by atoms with E-state index in [9.17, 15) is 0 Å². The maximum Gasteiger partial charge on any atom is 0.240 e. The Morgan fingerprint density at radius 1 is 1.18 bits per heavy atom. The van der Waals surface area contributed by atoms with Crippen molar-refractivity contribution in [3.63, 3.8) is 0 Å². The first kappa shape index (κ1) is 14.8. The van der Waals surface area contributed by atoms with Crippen molar-refractivity contribution in [1.29, 1.82) is 0 Å². The van der Waals surface area contributed by atoms with Crippen LogP contribution in [0.4, 0.5) is 0 Å². The normalized spacial score (nSPS) is 14.7. The maximum atomic E-state index is 5.39. The summed E-state index contributed by atoms with van der Waals surface area (Å²) in [5.74, 6) is 3.01. The summed E-state index contributed by atoms with van der Waals surface area (Å²) in [5, 5.41) is 3.95. The van der Waals surface area contributed by atoms with E-state index in [0.29, 0.717) is 12.4 Å². The van der Waals surface area contributed by atoms with Gasteiger partial charge in [-0.3, -0.25) is 4.90 Å². The minimum Gasteiger partial charge on any atom is -0.493 e. The highest BCUT2D eigenvalue weighted by Gasteiger charge is 2.21. The van der Waals surface area contributed by atoms with Crippen molar-refractivity contribution in [3.8, 4) is 11.5 Å². The summed E-state index contributed by atoms with van der Waals surface area (Å²) in [6.45, 7) is 4.51. The van der Waals surface area contributed by atoms with E-state index in [1.165, 1.54) is 11.1 Å². The van der Waals surface area contributed by atoms with Gasteiger partial charge in [0.05, 0.1) is 20.8 Å². The van der Waals surface area contributed by atoms with E-state index in [0.717, 1.165) is 43.3 Å². The molecule has 0 bridgehead atoms. The molecule has 22 heavy (non-hydrogen) atoms. The first-order valence-electron chi connectivity index (χ1n) is 7.51. The van der Waals surface area contributed by atoms with Crippen LogP contribution in [0.2, 0.25) is 0 Å². The molecule has 0 N–H and O–H groups in total. The molecule has 0 radical (unpaired) electrons. The number of methoxy groups -OCH3 is 2. The molecule has 0 atom stereocenters. The number of benzene rings is 1. The first-order valence-corrected chi connectivity index (χ1v) is 7.51. The lowest BCUT2D eigenvalue weighted by Crippen LogP contribution is -2.30. The van der Waals surface area contributed by atoms with E-state index in [2.05, 4.69) is 27.2 Å². The molecule has 0 unspecified atom stereocenters. The van der Waals surface area contributed by atoms with Gasteiger partial charge >= 0.3 is 0 Å². The second-order valence-corrected chi connectivity index (χ2v) is 5.39. The smallest absolute Gasteiger partial charge is 0.240 e. The van der Waals surface area contributed by atoms with Gasteiger partial charge in [0.25, 0.3) is 0 Å². The fourth-order valence-electron chi connectivity index (χ4n) is 2.77. The molecule has 6 nitrogen and oxygen atoms in total. The Hall–Kier alpha value is -2.08. The molecular formula is C16H21N3O3. The highest BCUT2D eigenvalue weighted by Crippen LogP contribution is 2.33. The SMILES string of the molecule is CCc1noc(CN2CCc3cc(OC)c(OC)cc3C2)n1. The number of hydrogen-bond acceptors (Lipinski definition) is 6. The number of hydrogen-bond donors (Lipinski definition) is 0. The summed E-state index contributed by atoms with van der Waals surface area (Å²) >= 11 is 0. The molecule has 118 valence electrons. The summed E-state index contributed by atoms with van der Waals surface area (Å²) in [4.78, 5) is 6.68. The first-order chi connectivity index (χ1) is 10.7. The van der Waals surface area contributed by atoms with Gasteiger partial charge in [-0.25, -0.2) is 0 Å². The Morgan fingerprint density at radius 3 is 2.55 bits per heavy atom. The molecule has 2 aromatic rings. The molecular weight excluding hydrogens is 282 g/mol. The molecule has 0 amide bonds. The summed E-state index contributed by atoms with van der Waals surface area (Å²) in [6, 6.07) is 4.14. The molecule has 0 aliphatic carbocycles. The van der Waals surface area contributed by atoms with Crippen LogP contribution in [0.1, 0.15) is 29.8 Å². The van der Waals surface area contributed by atoms with Gasteiger partial charge in [-0.1, -0.05) is 12.1 Å². The highest BCUT2D eigenvalue weighted by molar-refractivity contribution is 5.48. The van der Waals surface area contributed by atoms with Gasteiger partial charge < -0.3 is 14.0 Å². The lowest BCUT2D eigenvalue weighted by molar-refractivity contribution is 0.209. The average molecular weight is 303 g/mol. The number of rotatable bonds is 5. The molecule has 0 spiro atoms. The summed E-state index contributed by atoms with van der Waals surface area (Å²) < 4.78 is 16.0. The molecule has 6 heteroatoms. The van der Waals surface area contributed by atoms with Crippen LogP contribution in [0.3, 0.4) is 0 Å². The molecule has 0 saturated heterocycles. The zero-order chi connectivity index (χ0) is 15.5. The standard InChI is InChI=1S/C16H21N3O3/c1-4-15-17-16(22-18-15)10-19-6-5-11-7-13(20-2)14(21-3)8-12(11)9-19/h7-8H,4-6,9-10H2,1-3H3.